The summed E-state index contributed by atoms with van der Waals surface area (Å²) in [5.41, 5.74) is 1.43. The molecule has 1 aliphatic heterocycles. The standard InChI is InChI=1S/C19H18N2O4S2/c1-3-9-25-18(23)15-12(2)20-19(27-15)21-17(22)14-16(26-11-10-24-14)13-7-5-4-6-8-13/h3-8H,1,9-11H2,2H3,(H,20,21,22). The molecular weight excluding hydrogens is 384 g/mol. The highest BCUT2D eigenvalue weighted by Gasteiger charge is 2.25. The molecule has 2 aromatic rings. The SMILES string of the molecule is C=CCOC(=O)c1sc(NC(=O)C2=C(c3ccccc3)SCCO2)nc1C. The van der Waals surface area contributed by atoms with Gasteiger partial charge in [-0.3, -0.25) is 10.1 Å². The fourth-order valence-electron chi connectivity index (χ4n) is 2.38. The van der Waals surface area contributed by atoms with Crippen LogP contribution < -0.4 is 5.32 Å². The first-order valence-electron chi connectivity index (χ1n) is 8.22. The molecule has 0 radical (unpaired) electrons. The third-order valence-corrected chi connectivity index (χ3v) is 5.69. The number of thiazole rings is 1. The first-order valence-corrected chi connectivity index (χ1v) is 10.0. The van der Waals surface area contributed by atoms with Crippen molar-refractivity contribution >= 4 is 45.0 Å². The Bertz CT molecular complexity index is 890. The van der Waals surface area contributed by atoms with Crippen LogP contribution >= 0.6 is 23.1 Å². The summed E-state index contributed by atoms with van der Waals surface area (Å²) in [4.78, 5) is 30.1. The number of aryl methyl sites for hydroxylation is 1. The van der Waals surface area contributed by atoms with Crippen LogP contribution in [0.3, 0.4) is 0 Å². The first kappa shape index (κ1) is 19.2. The molecule has 0 fully saturated rings. The van der Waals surface area contributed by atoms with Gasteiger partial charge in [-0.15, -0.1) is 11.8 Å². The molecule has 1 aromatic heterocycles. The molecule has 0 bridgehead atoms. The molecule has 8 heteroatoms. The minimum Gasteiger partial charge on any atom is -0.486 e. The van der Waals surface area contributed by atoms with E-state index in [0.717, 1.165) is 27.6 Å². The van der Waals surface area contributed by atoms with Gasteiger partial charge in [-0.05, 0) is 12.5 Å². The Morgan fingerprint density at radius 3 is 2.89 bits per heavy atom. The maximum atomic E-state index is 12.7. The Morgan fingerprint density at radius 2 is 2.15 bits per heavy atom. The lowest BCUT2D eigenvalue weighted by molar-refractivity contribution is -0.115. The summed E-state index contributed by atoms with van der Waals surface area (Å²) in [6.45, 7) is 5.78. The van der Waals surface area contributed by atoms with E-state index in [4.69, 9.17) is 9.47 Å². The van der Waals surface area contributed by atoms with Gasteiger partial charge in [0.25, 0.3) is 5.91 Å². The van der Waals surface area contributed by atoms with Crippen molar-refractivity contribution < 1.29 is 19.1 Å². The van der Waals surface area contributed by atoms with Gasteiger partial charge in [0.15, 0.2) is 10.9 Å². The Kier molecular flexibility index (Phi) is 6.31. The molecule has 1 aromatic carbocycles. The van der Waals surface area contributed by atoms with Crippen LogP contribution in [0.25, 0.3) is 4.91 Å². The number of hydrogen-bond donors (Lipinski definition) is 1. The van der Waals surface area contributed by atoms with Crippen molar-refractivity contribution in [2.75, 3.05) is 24.3 Å². The highest BCUT2D eigenvalue weighted by Crippen LogP contribution is 2.35. The van der Waals surface area contributed by atoms with Crippen LogP contribution in [-0.2, 0) is 14.3 Å². The molecule has 1 aliphatic rings. The lowest BCUT2D eigenvalue weighted by Crippen LogP contribution is -2.21. The minimum absolute atomic E-state index is 0.121. The zero-order chi connectivity index (χ0) is 19.2. The number of anilines is 1. The monoisotopic (exact) mass is 402 g/mol. The number of hydrogen-bond acceptors (Lipinski definition) is 7. The summed E-state index contributed by atoms with van der Waals surface area (Å²) >= 11 is 2.65. The second-order valence-corrected chi connectivity index (χ2v) is 7.60. The Balaban J connectivity index is 1.81. The average Bonchev–Trinajstić information content (AvgIpc) is 3.06. The van der Waals surface area contributed by atoms with Crippen LogP contribution in [0.2, 0.25) is 0 Å². The summed E-state index contributed by atoms with van der Waals surface area (Å²) in [6.07, 6.45) is 1.49. The van der Waals surface area contributed by atoms with E-state index < -0.39 is 5.97 Å². The number of thioether (sulfide) groups is 1. The summed E-state index contributed by atoms with van der Waals surface area (Å²) < 4.78 is 10.7. The van der Waals surface area contributed by atoms with Crippen LogP contribution in [0.15, 0.2) is 48.7 Å². The number of carbonyl (C=O) groups is 2. The number of nitrogens with one attached hydrogen (secondary N) is 1. The van der Waals surface area contributed by atoms with Gasteiger partial charge in [-0.25, -0.2) is 9.78 Å². The van der Waals surface area contributed by atoms with Crippen LogP contribution in [0.1, 0.15) is 20.9 Å². The van der Waals surface area contributed by atoms with E-state index in [9.17, 15) is 9.59 Å². The lowest BCUT2D eigenvalue weighted by atomic mass is 10.2. The van der Waals surface area contributed by atoms with Crippen molar-refractivity contribution in [1.82, 2.24) is 4.98 Å². The van der Waals surface area contributed by atoms with Gasteiger partial charge in [0.1, 0.15) is 11.5 Å². The van der Waals surface area contributed by atoms with Crippen molar-refractivity contribution in [2.24, 2.45) is 0 Å². The largest absolute Gasteiger partial charge is 0.486 e. The number of amides is 1. The van der Waals surface area contributed by atoms with E-state index in [2.05, 4.69) is 16.9 Å². The van der Waals surface area contributed by atoms with E-state index in [1.807, 2.05) is 30.3 Å². The van der Waals surface area contributed by atoms with Gasteiger partial charge >= 0.3 is 5.97 Å². The number of rotatable bonds is 6. The van der Waals surface area contributed by atoms with Crippen LogP contribution in [0.5, 0.6) is 0 Å². The number of benzene rings is 1. The molecule has 0 spiro atoms. The van der Waals surface area contributed by atoms with Crippen molar-refractivity contribution in [1.29, 1.82) is 0 Å². The first-order chi connectivity index (χ1) is 13.1. The highest BCUT2D eigenvalue weighted by molar-refractivity contribution is 8.08. The molecule has 0 saturated heterocycles. The van der Waals surface area contributed by atoms with E-state index in [1.54, 1.807) is 18.7 Å². The second-order valence-electron chi connectivity index (χ2n) is 5.50. The normalized spacial score (nSPS) is 13.7. The lowest BCUT2D eigenvalue weighted by Gasteiger charge is -2.20. The molecule has 1 N–H and O–H groups in total. The zero-order valence-corrected chi connectivity index (χ0v) is 16.3. The molecular formula is C19H18N2O4S2. The molecule has 140 valence electrons. The fraction of sp³-hybridized carbons (Fsp3) is 0.211. The zero-order valence-electron chi connectivity index (χ0n) is 14.7. The molecule has 0 saturated carbocycles. The molecule has 27 heavy (non-hydrogen) atoms. The fourth-order valence-corrected chi connectivity index (χ4v) is 4.20. The molecule has 6 nitrogen and oxygen atoms in total. The number of aromatic nitrogens is 1. The van der Waals surface area contributed by atoms with Crippen molar-refractivity contribution in [3.05, 3.63) is 64.9 Å². The van der Waals surface area contributed by atoms with Gasteiger partial charge < -0.3 is 9.47 Å². The number of ether oxygens (including phenoxy) is 2. The molecule has 2 heterocycles. The molecule has 0 aliphatic carbocycles. The third-order valence-electron chi connectivity index (χ3n) is 3.56. The van der Waals surface area contributed by atoms with Crippen LogP contribution in [-0.4, -0.2) is 35.8 Å². The quantitative estimate of drug-likeness (QED) is 0.584. The van der Waals surface area contributed by atoms with Crippen LogP contribution in [0, 0.1) is 6.92 Å². The summed E-state index contributed by atoms with van der Waals surface area (Å²) in [6, 6.07) is 9.62. The topological polar surface area (TPSA) is 77.5 Å². The van der Waals surface area contributed by atoms with E-state index in [0.29, 0.717) is 22.3 Å². The summed E-state index contributed by atoms with van der Waals surface area (Å²) in [7, 11) is 0. The van der Waals surface area contributed by atoms with E-state index in [1.165, 1.54) is 6.08 Å². The molecule has 0 atom stereocenters. The molecule has 0 unspecified atom stereocenters. The van der Waals surface area contributed by atoms with Crippen molar-refractivity contribution in [2.45, 2.75) is 6.92 Å². The molecule has 3 rings (SSSR count). The number of nitrogens with zero attached hydrogens (tertiary/aromatic N) is 1. The Hall–Kier alpha value is -2.58. The minimum atomic E-state index is -0.487. The summed E-state index contributed by atoms with van der Waals surface area (Å²) in [5.74, 6) is 0.164. The van der Waals surface area contributed by atoms with Gasteiger partial charge in [0.2, 0.25) is 0 Å². The van der Waals surface area contributed by atoms with Gasteiger partial charge in [-0.1, -0.05) is 54.3 Å². The maximum absolute atomic E-state index is 12.7. The predicted molar refractivity (Wildman–Crippen MR) is 108 cm³/mol. The van der Waals surface area contributed by atoms with E-state index >= 15 is 0 Å². The molecule has 1 amide bonds. The van der Waals surface area contributed by atoms with Gasteiger partial charge in [0, 0.05) is 5.75 Å². The smallest absolute Gasteiger partial charge is 0.350 e. The second kappa shape index (κ2) is 8.88. The summed E-state index contributed by atoms with van der Waals surface area (Å²) in [5, 5.41) is 3.05. The van der Waals surface area contributed by atoms with Gasteiger partial charge in [0.05, 0.1) is 17.2 Å². The van der Waals surface area contributed by atoms with Crippen LogP contribution in [0.4, 0.5) is 5.13 Å². The van der Waals surface area contributed by atoms with Gasteiger partial charge in [-0.2, -0.15) is 0 Å². The van der Waals surface area contributed by atoms with Crippen molar-refractivity contribution in [3.8, 4) is 0 Å². The maximum Gasteiger partial charge on any atom is 0.350 e. The average molecular weight is 402 g/mol. The number of carbonyl (C=O) groups excluding carboxylic acids is 2. The van der Waals surface area contributed by atoms with Crippen molar-refractivity contribution in [3.63, 3.8) is 0 Å². The highest BCUT2D eigenvalue weighted by atomic mass is 32.2. The number of esters is 1. The third kappa shape index (κ3) is 4.58. The Morgan fingerprint density at radius 1 is 1.37 bits per heavy atom. The predicted octanol–water partition coefficient (Wildman–Crippen LogP) is 3.87. The Labute approximate surface area is 165 Å². The van der Waals surface area contributed by atoms with E-state index in [-0.39, 0.29) is 18.3 Å².